The molecule has 8 heteroatoms. The van der Waals surface area contributed by atoms with Crippen molar-refractivity contribution in [3.05, 3.63) is 59.7 Å². The number of hydrogen-bond donors (Lipinski definition) is 2. The van der Waals surface area contributed by atoms with E-state index in [0.29, 0.717) is 5.25 Å². The zero-order valence-corrected chi connectivity index (χ0v) is 19.5. The van der Waals surface area contributed by atoms with E-state index in [-0.39, 0.29) is 18.6 Å². The van der Waals surface area contributed by atoms with Gasteiger partial charge in [-0.25, -0.2) is 4.79 Å². The molecule has 0 spiro atoms. The molecule has 1 saturated carbocycles. The number of carbonyl (C=O) groups excluding carboxylic acids is 2. The number of ether oxygens (including phenoxy) is 1. The molecule has 0 heterocycles. The molecule has 0 radical (unpaired) electrons. The highest BCUT2D eigenvalue weighted by atomic mass is 32.2. The molecule has 2 aliphatic rings. The van der Waals surface area contributed by atoms with Crippen LogP contribution in [0.15, 0.2) is 48.5 Å². The predicted octanol–water partition coefficient (Wildman–Crippen LogP) is 3.72. The Morgan fingerprint density at radius 2 is 1.67 bits per heavy atom. The summed E-state index contributed by atoms with van der Waals surface area (Å²) in [6.45, 7) is 0.0989. The predicted molar refractivity (Wildman–Crippen MR) is 127 cm³/mol. The van der Waals surface area contributed by atoms with Gasteiger partial charge in [-0.2, -0.15) is 11.8 Å². The number of thioether (sulfide) groups is 1. The van der Waals surface area contributed by atoms with Crippen molar-refractivity contribution in [1.82, 2.24) is 10.2 Å². The highest BCUT2D eigenvalue weighted by Gasteiger charge is 2.37. The van der Waals surface area contributed by atoms with Crippen molar-refractivity contribution in [3.8, 4) is 11.1 Å². The van der Waals surface area contributed by atoms with E-state index in [1.807, 2.05) is 54.8 Å². The lowest BCUT2D eigenvalue weighted by Crippen LogP contribution is -2.54. The molecule has 2 aromatic carbocycles. The van der Waals surface area contributed by atoms with Crippen LogP contribution in [0.5, 0.6) is 0 Å². The fourth-order valence-corrected chi connectivity index (χ4v) is 5.46. The van der Waals surface area contributed by atoms with Crippen LogP contribution in [0.25, 0.3) is 11.1 Å². The number of alkyl carbamates (subject to hydrolysis) is 1. The Kier molecular flexibility index (Phi) is 6.93. The summed E-state index contributed by atoms with van der Waals surface area (Å²) in [4.78, 5) is 38.4. The van der Waals surface area contributed by atoms with E-state index in [0.717, 1.165) is 35.1 Å². The number of carboxylic acids is 1. The third kappa shape index (κ3) is 4.85. The molecule has 33 heavy (non-hydrogen) atoms. The minimum Gasteiger partial charge on any atom is -0.481 e. The van der Waals surface area contributed by atoms with Crippen LogP contribution in [-0.2, 0) is 14.3 Å². The van der Waals surface area contributed by atoms with E-state index in [1.165, 1.54) is 0 Å². The lowest BCUT2D eigenvalue weighted by molar-refractivity contribution is -0.143. The molecule has 1 unspecified atom stereocenters. The highest BCUT2D eigenvalue weighted by molar-refractivity contribution is 7.99. The maximum absolute atomic E-state index is 12.9. The molecule has 2 aromatic rings. The van der Waals surface area contributed by atoms with Gasteiger partial charge in [-0.05, 0) is 41.4 Å². The fraction of sp³-hybridized carbons (Fsp3) is 0.400. The minimum absolute atomic E-state index is 0.0653. The molecule has 0 saturated heterocycles. The van der Waals surface area contributed by atoms with Crippen molar-refractivity contribution in [2.75, 3.05) is 19.9 Å². The van der Waals surface area contributed by atoms with E-state index < -0.39 is 30.4 Å². The maximum Gasteiger partial charge on any atom is 0.407 e. The Labute approximate surface area is 197 Å². The molecule has 2 N–H and O–H groups in total. The monoisotopic (exact) mass is 468 g/mol. The molecule has 1 atom stereocenters. The Hall–Kier alpha value is -3.00. The Morgan fingerprint density at radius 3 is 2.21 bits per heavy atom. The molecule has 4 rings (SSSR count). The lowest BCUT2D eigenvalue weighted by Gasteiger charge is -2.41. The molecule has 174 valence electrons. The fourth-order valence-electron chi connectivity index (χ4n) is 4.63. The molecule has 2 aliphatic carbocycles. The number of amides is 2. The average molecular weight is 469 g/mol. The van der Waals surface area contributed by atoms with Gasteiger partial charge in [0.15, 0.2) is 0 Å². The first kappa shape index (κ1) is 23.2. The maximum atomic E-state index is 12.9. The quantitative estimate of drug-likeness (QED) is 0.613. The van der Waals surface area contributed by atoms with E-state index in [2.05, 4.69) is 5.32 Å². The zero-order valence-electron chi connectivity index (χ0n) is 18.7. The number of benzene rings is 2. The third-order valence-corrected chi connectivity index (χ3v) is 7.66. The molecular weight excluding hydrogens is 440 g/mol. The molecule has 0 bridgehead atoms. The summed E-state index contributed by atoms with van der Waals surface area (Å²) in [5, 5.41) is 12.3. The van der Waals surface area contributed by atoms with Gasteiger partial charge in [0.25, 0.3) is 0 Å². The topological polar surface area (TPSA) is 95.9 Å². The van der Waals surface area contributed by atoms with Crippen molar-refractivity contribution in [2.24, 2.45) is 0 Å². The van der Waals surface area contributed by atoms with E-state index in [1.54, 1.807) is 23.7 Å². The van der Waals surface area contributed by atoms with Gasteiger partial charge in [0.05, 0.1) is 6.42 Å². The van der Waals surface area contributed by atoms with Gasteiger partial charge in [-0.3, -0.25) is 9.59 Å². The van der Waals surface area contributed by atoms with Crippen molar-refractivity contribution < 1.29 is 24.2 Å². The first-order valence-electron chi connectivity index (χ1n) is 11.0. The summed E-state index contributed by atoms with van der Waals surface area (Å²) in [6.07, 6.45) is 2.49. The van der Waals surface area contributed by atoms with Crippen molar-refractivity contribution in [2.45, 2.75) is 42.5 Å². The second-order valence-corrected chi connectivity index (χ2v) is 9.69. The second-order valence-electron chi connectivity index (χ2n) is 8.55. The van der Waals surface area contributed by atoms with Crippen LogP contribution >= 0.6 is 11.8 Å². The molecule has 0 aliphatic heterocycles. The molecule has 7 nitrogen and oxygen atoms in total. The molecule has 1 fully saturated rings. The van der Waals surface area contributed by atoms with Gasteiger partial charge < -0.3 is 20.1 Å². The lowest BCUT2D eigenvalue weighted by atomic mass is 9.90. The van der Waals surface area contributed by atoms with Crippen LogP contribution in [0, 0.1) is 0 Å². The van der Waals surface area contributed by atoms with Crippen molar-refractivity contribution in [3.63, 3.8) is 0 Å². The summed E-state index contributed by atoms with van der Waals surface area (Å²) in [5.41, 5.74) is 4.40. The van der Waals surface area contributed by atoms with Gasteiger partial charge in [0.1, 0.15) is 12.6 Å². The highest BCUT2D eigenvalue weighted by Crippen LogP contribution is 2.44. The van der Waals surface area contributed by atoms with Crippen molar-refractivity contribution >= 4 is 29.7 Å². The van der Waals surface area contributed by atoms with Crippen LogP contribution in [0.2, 0.25) is 0 Å². The van der Waals surface area contributed by atoms with Crippen LogP contribution in [-0.4, -0.2) is 65.2 Å². The SMILES string of the molecule is CSC1CC(N(C)C(=O)C(CC(=O)O)NC(=O)OCC2c3ccccc3-c3ccccc32)C1. The number of rotatable bonds is 8. The van der Waals surface area contributed by atoms with E-state index in [9.17, 15) is 19.5 Å². The van der Waals surface area contributed by atoms with Gasteiger partial charge in [-0.1, -0.05) is 48.5 Å². The summed E-state index contributed by atoms with van der Waals surface area (Å²) >= 11 is 1.76. The van der Waals surface area contributed by atoms with Crippen LogP contribution in [0.1, 0.15) is 36.3 Å². The number of aliphatic carboxylic acids is 1. The summed E-state index contributed by atoms with van der Waals surface area (Å²) in [7, 11) is 1.66. The number of nitrogens with zero attached hydrogens (tertiary/aromatic N) is 1. The number of nitrogens with one attached hydrogen (secondary N) is 1. The molecule has 2 amide bonds. The first-order chi connectivity index (χ1) is 15.9. The molecule has 0 aromatic heterocycles. The van der Waals surface area contributed by atoms with Crippen LogP contribution in [0.4, 0.5) is 4.79 Å². The normalized spacial score (nSPS) is 19.6. The van der Waals surface area contributed by atoms with E-state index in [4.69, 9.17) is 4.74 Å². The van der Waals surface area contributed by atoms with E-state index >= 15 is 0 Å². The van der Waals surface area contributed by atoms with Crippen LogP contribution < -0.4 is 5.32 Å². The number of hydrogen-bond acceptors (Lipinski definition) is 5. The summed E-state index contributed by atoms with van der Waals surface area (Å²) in [6, 6.07) is 14.9. The standard InChI is InChI=1S/C25H28N2O5S/c1-27(15-11-16(12-15)33-2)24(30)22(13-23(28)29)26-25(31)32-14-21-19-9-5-3-7-17(19)18-8-4-6-10-20(18)21/h3-10,15-16,21-22H,11-14H2,1-2H3,(H,26,31)(H,28,29). The second kappa shape index (κ2) is 9.87. The Morgan fingerprint density at radius 1 is 1.09 bits per heavy atom. The Bertz CT molecular complexity index is 1010. The zero-order chi connectivity index (χ0) is 23.5. The van der Waals surface area contributed by atoms with Gasteiger partial charge in [-0.15, -0.1) is 0 Å². The van der Waals surface area contributed by atoms with Crippen molar-refractivity contribution in [1.29, 1.82) is 0 Å². The number of carboxylic acid groups (broad SMARTS) is 1. The first-order valence-corrected chi connectivity index (χ1v) is 12.3. The molecular formula is C25H28N2O5S. The number of carbonyl (C=O) groups is 3. The summed E-state index contributed by atoms with van der Waals surface area (Å²) in [5.74, 6) is -1.68. The smallest absolute Gasteiger partial charge is 0.407 e. The van der Waals surface area contributed by atoms with Gasteiger partial charge >= 0.3 is 12.1 Å². The van der Waals surface area contributed by atoms with Gasteiger partial charge in [0, 0.05) is 24.3 Å². The number of likely N-dealkylation sites (N-methyl/N-ethyl adjacent to an activating group) is 1. The van der Waals surface area contributed by atoms with Gasteiger partial charge in [0.2, 0.25) is 5.91 Å². The summed E-state index contributed by atoms with van der Waals surface area (Å²) < 4.78 is 5.50. The largest absolute Gasteiger partial charge is 0.481 e. The Balaban J connectivity index is 1.40. The minimum atomic E-state index is -1.17. The average Bonchev–Trinajstić information content (AvgIpc) is 3.09. The third-order valence-electron chi connectivity index (χ3n) is 6.61. The number of fused-ring (bicyclic) bond motifs is 3. The van der Waals surface area contributed by atoms with Crippen LogP contribution in [0.3, 0.4) is 0 Å².